The largest absolute Gasteiger partial charge is 0.460 e. The Bertz CT molecular complexity index is 609. The highest BCUT2D eigenvalue weighted by molar-refractivity contribution is 6.57. The van der Waals surface area contributed by atoms with E-state index in [0.717, 1.165) is 7.11 Å². The number of hydrogen-bond donors (Lipinski definition) is 1. The van der Waals surface area contributed by atoms with Crippen LogP contribution in [0.5, 0.6) is 0 Å². The molecule has 180 valence electrons. The van der Waals surface area contributed by atoms with E-state index in [4.69, 9.17) is 0 Å². The third-order valence-electron chi connectivity index (χ3n) is 3.50. The lowest BCUT2D eigenvalue weighted by Crippen LogP contribution is -2.70. The molecule has 0 rings (SSSR count). The summed E-state index contributed by atoms with van der Waals surface area (Å²) in [6.45, 7) is -0.00744. The highest BCUT2D eigenvalue weighted by Crippen LogP contribution is 2.60. The van der Waals surface area contributed by atoms with E-state index in [1.54, 1.807) is 5.32 Å². The molecule has 0 saturated carbocycles. The molecule has 1 unspecified atom stereocenters. The monoisotopic (exact) mass is 495 g/mol. The highest BCUT2D eigenvalue weighted by atomic mass is 28.3. The Hall–Kier alpha value is -1.46. The molecule has 30 heavy (non-hydrogen) atoms. The second kappa shape index (κ2) is 8.58. The number of carbonyl (C=O) groups is 1. The Morgan fingerprint density at radius 3 is 1.53 bits per heavy atom. The van der Waals surface area contributed by atoms with Crippen molar-refractivity contribution < 1.29 is 71.3 Å². The molecule has 4 nitrogen and oxygen atoms in total. The van der Waals surface area contributed by atoms with Crippen molar-refractivity contribution in [3.63, 3.8) is 0 Å². The molecular formula is C12H14F13NO3Si. The minimum atomic E-state index is -8.00. The lowest BCUT2D eigenvalue weighted by molar-refractivity contribution is -0.440. The fraction of sp³-hybridized carbons (Fsp3) is 0.917. The Morgan fingerprint density at radius 2 is 1.20 bits per heavy atom. The Balaban J connectivity index is 5.73. The van der Waals surface area contributed by atoms with Crippen LogP contribution in [0.3, 0.4) is 0 Å². The van der Waals surface area contributed by atoms with Gasteiger partial charge in [-0.3, -0.25) is 5.32 Å². The smallest absolute Gasteiger partial charge is 0.443 e. The average Bonchev–Trinajstić information content (AvgIpc) is 2.55. The van der Waals surface area contributed by atoms with Crippen LogP contribution in [-0.4, -0.2) is 70.2 Å². The lowest BCUT2D eigenvalue weighted by Gasteiger charge is -2.39. The van der Waals surface area contributed by atoms with Crippen LogP contribution in [0.1, 0.15) is 0 Å². The van der Waals surface area contributed by atoms with Crippen molar-refractivity contribution >= 4 is 14.9 Å². The molecule has 0 fully saturated rings. The lowest BCUT2D eigenvalue weighted by atomic mass is 9.94. The van der Waals surface area contributed by atoms with Crippen LogP contribution in [-0.2, 0) is 9.47 Å². The molecule has 18 heteroatoms. The molecule has 1 amide bonds. The summed E-state index contributed by atoms with van der Waals surface area (Å²) in [5.41, 5.74) is 0. The number of alkyl halides is 13. The van der Waals surface area contributed by atoms with Gasteiger partial charge in [-0.15, -0.1) is 0 Å². The van der Waals surface area contributed by atoms with E-state index in [1.165, 1.54) is 13.1 Å². The highest BCUT2D eigenvalue weighted by Gasteiger charge is 2.90. The van der Waals surface area contributed by atoms with Crippen molar-refractivity contribution in [3.8, 4) is 0 Å². The second-order valence-electron chi connectivity index (χ2n) is 6.12. The van der Waals surface area contributed by atoms with E-state index in [0.29, 0.717) is 0 Å². The first-order valence-electron chi connectivity index (χ1n) is 7.43. The molecule has 0 aromatic carbocycles. The number of amides is 1. The maximum Gasteiger partial charge on any atom is 0.460 e. The fourth-order valence-corrected chi connectivity index (χ4v) is 2.72. The number of methoxy groups -OCH3 is 1. The molecule has 0 saturated heterocycles. The zero-order valence-corrected chi connectivity index (χ0v) is 16.2. The molecule has 0 heterocycles. The van der Waals surface area contributed by atoms with Gasteiger partial charge in [0.25, 0.3) is 0 Å². The van der Waals surface area contributed by atoms with Crippen molar-refractivity contribution in [2.45, 2.75) is 54.7 Å². The van der Waals surface area contributed by atoms with Crippen LogP contribution in [0.15, 0.2) is 0 Å². The summed E-state index contributed by atoms with van der Waals surface area (Å²) in [5, 5.41) is 1.70. The van der Waals surface area contributed by atoms with Crippen molar-refractivity contribution in [2.24, 2.45) is 0 Å². The van der Waals surface area contributed by atoms with Gasteiger partial charge >= 0.3 is 41.9 Å². The number of alkyl carbamates (subject to hydrolysis) is 1. The number of hydrogen-bond acceptors (Lipinski definition) is 3. The molecule has 0 aliphatic rings. The quantitative estimate of drug-likeness (QED) is 0.292. The van der Waals surface area contributed by atoms with Crippen LogP contribution in [0.25, 0.3) is 0 Å². The molecule has 1 N–H and O–H groups in total. The van der Waals surface area contributed by atoms with Crippen molar-refractivity contribution in [1.29, 1.82) is 0 Å². The summed E-state index contributed by atoms with van der Waals surface area (Å²) in [5.74, 6) is -38.9. The van der Waals surface area contributed by atoms with Crippen molar-refractivity contribution in [2.75, 3.05) is 13.7 Å². The van der Waals surface area contributed by atoms with Gasteiger partial charge in [0.05, 0.1) is 8.80 Å². The number of ether oxygens (including phenoxy) is 2. The topological polar surface area (TPSA) is 47.6 Å². The average molecular weight is 495 g/mol. The first kappa shape index (κ1) is 28.5. The normalized spacial score (nSPS) is 15.9. The second-order valence-corrected chi connectivity index (χ2v) is 9.21. The van der Waals surface area contributed by atoms with E-state index >= 15 is 0 Å². The zero-order chi connectivity index (χ0) is 24.6. The Kier molecular flexibility index (Phi) is 8.16. The summed E-state index contributed by atoms with van der Waals surface area (Å²) in [6.07, 6.45) is -9.45. The fourth-order valence-electron chi connectivity index (χ4n) is 1.70. The molecule has 0 spiro atoms. The standard InChI is InChI=1S/C12H14F13NO3Si/c1-28-6(30(2)3)26-5(27)29-4-7(13,14)8(15,16)9(17,18)10(19,20)11(21,22)12(23,24)25/h6,30H,4H2,1-3H3,(H,26,27). The molecule has 1 atom stereocenters. The van der Waals surface area contributed by atoms with Crippen molar-refractivity contribution in [3.05, 3.63) is 0 Å². The molecule has 0 aromatic rings. The van der Waals surface area contributed by atoms with Gasteiger partial charge in [-0.25, -0.2) is 4.79 Å². The number of rotatable bonds is 9. The van der Waals surface area contributed by atoms with Crippen LogP contribution < -0.4 is 5.32 Å². The van der Waals surface area contributed by atoms with Crippen LogP contribution >= 0.6 is 0 Å². The zero-order valence-electron chi connectivity index (χ0n) is 15.0. The van der Waals surface area contributed by atoms with Gasteiger partial charge in [-0.05, 0) is 0 Å². The maximum absolute atomic E-state index is 13.4. The van der Waals surface area contributed by atoms with Gasteiger partial charge in [0.15, 0.2) is 6.61 Å². The first-order valence-corrected chi connectivity index (χ1v) is 10.4. The predicted octanol–water partition coefficient (Wildman–Crippen LogP) is 4.45. The van der Waals surface area contributed by atoms with Gasteiger partial charge < -0.3 is 9.47 Å². The first-order chi connectivity index (χ1) is 13.0. The van der Waals surface area contributed by atoms with Gasteiger partial charge in [-0.1, -0.05) is 13.1 Å². The summed E-state index contributed by atoms with van der Waals surface area (Å²) in [7, 11) is -0.889. The minimum Gasteiger partial charge on any atom is -0.443 e. The molecule has 0 radical (unpaired) electrons. The molecule has 0 aliphatic heterocycles. The molecular weight excluding hydrogens is 481 g/mol. The summed E-state index contributed by atoms with van der Waals surface area (Å²) < 4.78 is 176. The number of halogens is 13. The number of carbonyl (C=O) groups excluding carboxylic acids is 1. The third-order valence-corrected chi connectivity index (χ3v) is 5.15. The summed E-state index contributed by atoms with van der Waals surface area (Å²) in [4.78, 5) is 11.3. The van der Waals surface area contributed by atoms with Gasteiger partial charge in [0, 0.05) is 7.11 Å². The van der Waals surface area contributed by atoms with E-state index in [1.807, 2.05) is 0 Å². The van der Waals surface area contributed by atoms with E-state index in [9.17, 15) is 61.9 Å². The van der Waals surface area contributed by atoms with Crippen LogP contribution in [0, 0.1) is 0 Å². The summed E-state index contributed by atoms with van der Waals surface area (Å²) >= 11 is 0. The maximum atomic E-state index is 13.4. The van der Waals surface area contributed by atoms with Gasteiger partial charge in [0.1, 0.15) is 5.85 Å². The minimum absolute atomic E-state index is 1.02. The van der Waals surface area contributed by atoms with Gasteiger partial charge in [0.2, 0.25) is 0 Å². The summed E-state index contributed by atoms with van der Waals surface area (Å²) in [6, 6.07) is 0. The van der Waals surface area contributed by atoms with Crippen molar-refractivity contribution in [1.82, 2.24) is 5.32 Å². The SMILES string of the molecule is COC(NC(=O)OCC(F)(F)C(F)(F)C(F)(F)C(F)(F)C(F)(F)C(F)(F)F)[SiH](C)C. The predicted molar refractivity (Wildman–Crippen MR) is 74.9 cm³/mol. The van der Waals surface area contributed by atoms with Gasteiger partial charge in [-0.2, -0.15) is 57.1 Å². The van der Waals surface area contributed by atoms with E-state index in [-0.39, 0.29) is 0 Å². The Labute approximate surface area is 161 Å². The third kappa shape index (κ3) is 4.88. The molecule has 0 aliphatic carbocycles. The van der Waals surface area contributed by atoms with Crippen LogP contribution in [0.2, 0.25) is 13.1 Å². The molecule has 0 aromatic heterocycles. The molecule has 0 bridgehead atoms. The Morgan fingerprint density at radius 1 is 0.800 bits per heavy atom. The van der Waals surface area contributed by atoms with Crippen LogP contribution in [0.4, 0.5) is 61.9 Å². The van der Waals surface area contributed by atoms with E-state index < -0.39 is 63.1 Å². The van der Waals surface area contributed by atoms with E-state index in [2.05, 4.69) is 9.47 Å². The number of nitrogens with one attached hydrogen (secondary N) is 1.